The summed E-state index contributed by atoms with van der Waals surface area (Å²) in [5.74, 6) is 0.877. The van der Waals surface area contributed by atoms with Gasteiger partial charge in [-0.1, -0.05) is 6.07 Å². The molecule has 0 spiro atoms. The first-order valence-corrected chi connectivity index (χ1v) is 9.70. The van der Waals surface area contributed by atoms with Crippen molar-refractivity contribution in [2.45, 2.75) is 17.9 Å². The first-order valence-electron chi connectivity index (χ1n) is 8.26. The topological polar surface area (TPSA) is 84.9 Å². The smallest absolute Gasteiger partial charge is 0.251 e. The van der Waals surface area contributed by atoms with Gasteiger partial charge in [-0.05, 0) is 43.3 Å². The van der Waals surface area contributed by atoms with E-state index in [1.807, 2.05) is 6.92 Å². The molecule has 27 heavy (non-hydrogen) atoms. The van der Waals surface area contributed by atoms with E-state index in [1.165, 1.54) is 26.2 Å². The van der Waals surface area contributed by atoms with Crippen molar-refractivity contribution in [2.75, 3.05) is 28.3 Å². The summed E-state index contributed by atoms with van der Waals surface area (Å²) in [7, 11) is 2.38. The zero-order chi connectivity index (χ0) is 20.2. The van der Waals surface area contributed by atoms with Gasteiger partial charge in [0.25, 0.3) is 5.91 Å². The zero-order valence-electron chi connectivity index (χ0n) is 16.0. The number of nitrogens with one attached hydrogen (secondary N) is 1. The lowest BCUT2D eigenvalue weighted by Crippen LogP contribution is -2.27. The number of hydrogen-bond donors (Lipinski definition) is 1. The van der Waals surface area contributed by atoms with Crippen LogP contribution in [0.2, 0.25) is 0 Å². The molecule has 0 saturated carbocycles. The monoisotopic (exact) mass is 392 g/mol. The lowest BCUT2D eigenvalue weighted by atomic mass is 10.1. The summed E-state index contributed by atoms with van der Waals surface area (Å²) < 4.78 is 36.2. The van der Waals surface area contributed by atoms with Crippen LogP contribution in [-0.2, 0) is 10.0 Å². The molecule has 0 unspecified atom stereocenters. The number of amides is 1. The highest BCUT2D eigenvalue weighted by molar-refractivity contribution is 7.89. The molecule has 1 amide bonds. The van der Waals surface area contributed by atoms with Crippen LogP contribution in [0, 0.1) is 0 Å². The molecule has 1 N–H and O–H groups in total. The molecular formula is C19H24N2O5S. The Bertz CT molecular complexity index is 925. The van der Waals surface area contributed by atoms with Gasteiger partial charge in [0.05, 0.1) is 25.2 Å². The van der Waals surface area contributed by atoms with Gasteiger partial charge in [-0.25, -0.2) is 12.7 Å². The number of sulfonamides is 1. The summed E-state index contributed by atoms with van der Waals surface area (Å²) in [4.78, 5) is 12.7. The Morgan fingerprint density at radius 1 is 1.07 bits per heavy atom. The molecule has 146 valence electrons. The molecule has 0 aliphatic rings. The van der Waals surface area contributed by atoms with Crippen molar-refractivity contribution in [1.29, 1.82) is 0 Å². The standard InChI is InChI=1S/C19H24N2O5S/c1-13(17-12-15(25-4)9-10-18(17)26-5)20-19(22)14-7-6-8-16(11-14)27(23,24)21(2)3/h6-13H,1-5H3,(H,20,22)/t13-/m1/s1. The van der Waals surface area contributed by atoms with Crippen LogP contribution in [0.1, 0.15) is 28.9 Å². The lowest BCUT2D eigenvalue weighted by Gasteiger charge is -2.18. The maximum atomic E-state index is 12.6. The minimum absolute atomic E-state index is 0.0618. The van der Waals surface area contributed by atoms with Gasteiger partial charge >= 0.3 is 0 Å². The lowest BCUT2D eigenvalue weighted by molar-refractivity contribution is 0.0939. The third-order valence-corrected chi connectivity index (χ3v) is 5.94. The van der Waals surface area contributed by atoms with Gasteiger partial charge in [0.15, 0.2) is 0 Å². The Kier molecular flexibility index (Phi) is 6.45. The number of benzene rings is 2. The fourth-order valence-electron chi connectivity index (χ4n) is 2.54. The van der Waals surface area contributed by atoms with E-state index in [2.05, 4.69) is 5.32 Å². The minimum atomic E-state index is -3.62. The SMILES string of the molecule is COc1ccc(OC)c([C@@H](C)NC(=O)c2cccc(S(=O)(=O)N(C)C)c2)c1. The molecule has 0 saturated heterocycles. The molecule has 0 heterocycles. The molecule has 0 radical (unpaired) electrons. The van der Waals surface area contributed by atoms with E-state index in [4.69, 9.17) is 9.47 Å². The highest BCUT2D eigenvalue weighted by Gasteiger charge is 2.20. The van der Waals surface area contributed by atoms with Crippen LogP contribution in [0.4, 0.5) is 0 Å². The average Bonchev–Trinajstić information content (AvgIpc) is 2.67. The van der Waals surface area contributed by atoms with Gasteiger partial charge in [0.1, 0.15) is 11.5 Å². The van der Waals surface area contributed by atoms with Crippen LogP contribution in [0.15, 0.2) is 47.4 Å². The highest BCUT2D eigenvalue weighted by atomic mass is 32.2. The summed E-state index contributed by atoms with van der Waals surface area (Å²) in [5, 5.41) is 2.86. The minimum Gasteiger partial charge on any atom is -0.497 e. The molecule has 2 rings (SSSR count). The Labute approximate surface area is 160 Å². The van der Waals surface area contributed by atoms with Gasteiger partial charge < -0.3 is 14.8 Å². The predicted octanol–water partition coefficient (Wildman–Crippen LogP) is 2.45. The van der Waals surface area contributed by atoms with Crippen molar-refractivity contribution in [3.05, 3.63) is 53.6 Å². The summed E-state index contributed by atoms with van der Waals surface area (Å²) in [6.07, 6.45) is 0. The number of methoxy groups -OCH3 is 2. The first kappa shape index (κ1) is 20.7. The summed E-state index contributed by atoms with van der Waals surface area (Å²) in [6, 6.07) is 10.9. The fraction of sp³-hybridized carbons (Fsp3) is 0.316. The van der Waals surface area contributed by atoms with E-state index >= 15 is 0 Å². The third kappa shape index (κ3) is 4.58. The van der Waals surface area contributed by atoms with Crippen molar-refractivity contribution in [2.24, 2.45) is 0 Å². The third-order valence-electron chi connectivity index (χ3n) is 4.13. The van der Waals surface area contributed by atoms with E-state index < -0.39 is 10.0 Å². The van der Waals surface area contributed by atoms with Gasteiger partial charge in [0, 0.05) is 25.2 Å². The van der Waals surface area contributed by atoms with E-state index in [0.29, 0.717) is 11.5 Å². The summed E-state index contributed by atoms with van der Waals surface area (Å²) in [5.41, 5.74) is 1.01. The molecule has 0 aliphatic carbocycles. The average molecular weight is 392 g/mol. The fourth-order valence-corrected chi connectivity index (χ4v) is 3.49. The molecule has 7 nitrogen and oxygen atoms in total. The number of carbonyl (C=O) groups is 1. The maximum Gasteiger partial charge on any atom is 0.251 e. The molecule has 2 aromatic rings. The van der Waals surface area contributed by atoms with Crippen molar-refractivity contribution < 1.29 is 22.7 Å². The number of ether oxygens (including phenoxy) is 2. The van der Waals surface area contributed by atoms with Crippen molar-refractivity contribution in [3.8, 4) is 11.5 Å². The second-order valence-corrected chi connectivity index (χ2v) is 8.27. The largest absolute Gasteiger partial charge is 0.497 e. The van der Waals surface area contributed by atoms with E-state index in [-0.39, 0.29) is 22.4 Å². The summed E-state index contributed by atoms with van der Waals surface area (Å²) in [6.45, 7) is 1.82. The second kappa shape index (κ2) is 8.41. The van der Waals surface area contributed by atoms with Crippen LogP contribution in [0.3, 0.4) is 0 Å². The second-order valence-electron chi connectivity index (χ2n) is 6.12. The van der Waals surface area contributed by atoms with Crippen LogP contribution in [0.5, 0.6) is 11.5 Å². The van der Waals surface area contributed by atoms with Crippen LogP contribution >= 0.6 is 0 Å². The Balaban J connectivity index is 2.28. The van der Waals surface area contributed by atoms with Crippen molar-refractivity contribution >= 4 is 15.9 Å². The Hall–Kier alpha value is -2.58. The molecule has 2 aromatic carbocycles. The van der Waals surface area contributed by atoms with Gasteiger partial charge in [-0.3, -0.25) is 4.79 Å². The maximum absolute atomic E-state index is 12.6. The molecular weight excluding hydrogens is 368 g/mol. The van der Waals surface area contributed by atoms with Crippen molar-refractivity contribution in [1.82, 2.24) is 9.62 Å². The van der Waals surface area contributed by atoms with Gasteiger partial charge in [0.2, 0.25) is 10.0 Å². The number of carbonyl (C=O) groups excluding carboxylic acids is 1. The van der Waals surface area contributed by atoms with Crippen LogP contribution in [0.25, 0.3) is 0 Å². The highest BCUT2D eigenvalue weighted by Crippen LogP contribution is 2.29. The first-order chi connectivity index (χ1) is 12.7. The molecule has 0 fully saturated rings. The van der Waals surface area contributed by atoms with Gasteiger partial charge in [-0.15, -0.1) is 0 Å². The van der Waals surface area contributed by atoms with Crippen LogP contribution < -0.4 is 14.8 Å². The van der Waals surface area contributed by atoms with E-state index in [9.17, 15) is 13.2 Å². The molecule has 0 aromatic heterocycles. The van der Waals surface area contributed by atoms with E-state index in [0.717, 1.165) is 9.87 Å². The molecule has 0 bridgehead atoms. The quantitative estimate of drug-likeness (QED) is 0.782. The Morgan fingerprint density at radius 3 is 2.37 bits per heavy atom. The summed E-state index contributed by atoms with van der Waals surface area (Å²) >= 11 is 0. The number of nitrogens with zero attached hydrogens (tertiary/aromatic N) is 1. The number of hydrogen-bond acceptors (Lipinski definition) is 5. The number of rotatable bonds is 7. The normalized spacial score (nSPS) is 12.5. The van der Waals surface area contributed by atoms with E-state index in [1.54, 1.807) is 44.6 Å². The predicted molar refractivity (Wildman–Crippen MR) is 103 cm³/mol. The Morgan fingerprint density at radius 2 is 1.78 bits per heavy atom. The van der Waals surface area contributed by atoms with Crippen LogP contribution in [-0.4, -0.2) is 46.9 Å². The molecule has 0 aliphatic heterocycles. The van der Waals surface area contributed by atoms with Gasteiger partial charge in [-0.2, -0.15) is 0 Å². The molecule has 1 atom stereocenters. The zero-order valence-corrected chi connectivity index (χ0v) is 16.8. The van der Waals surface area contributed by atoms with Crippen molar-refractivity contribution in [3.63, 3.8) is 0 Å². The molecule has 8 heteroatoms.